The van der Waals surface area contributed by atoms with E-state index < -0.39 is 5.69 Å². The average molecular weight is 444 g/mol. The molecular weight excluding hydrogens is 423 g/mol. The summed E-state index contributed by atoms with van der Waals surface area (Å²) < 4.78 is 16.5. The molecule has 0 amide bonds. The van der Waals surface area contributed by atoms with Gasteiger partial charge in [0.2, 0.25) is 0 Å². The van der Waals surface area contributed by atoms with E-state index in [1.54, 1.807) is 18.2 Å². The van der Waals surface area contributed by atoms with Crippen LogP contribution in [0.5, 0.6) is 11.5 Å². The van der Waals surface area contributed by atoms with Crippen molar-refractivity contribution in [2.24, 2.45) is 7.05 Å². The van der Waals surface area contributed by atoms with Gasteiger partial charge in [-0.2, -0.15) is 5.10 Å². The predicted octanol–water partition coefficient (Wildman–Crippen LogP) is 4.05. The van der Waals surface area contributed by atoms with E-state index in [-0.39, 0.29) is 23.1 Å². The fourth-order valence-electron chi connectivity index (χ4n) is 4.06. The molecule has 166 valence electrons. The Morgan fingerprint density at radius 3 is 2.55 bits per heavy atom. The molecule has 33 heavy (non-hydrogen) atoms. The van der Waals surface area contributed by atoms with E-state index in [1.165, 1.54) is 22.8 Å². The van der Waals surface area contributed by atoms with Gasteiger partial charge in [0.25, 0.3) is 0 Å². The topological polar surface area (TPSA) is 96.1 Å². The van der Waals surface area contributed by atoms with Crippen LogP contribution in [0.2, 0.25) is 0 Å². The van der Waals surface area contributed by atoms with Gasteiger partial charge in [-0.05, 0) is 66.4 Å². The lowest BCUT2D eigenvalue weighted by molar-refractivity contribution is 0.446. The molecule has 0 saturated heterocycles. The van der Waals surface area contributed by atoms with Crippen LogP contribution < -0.4 is 5.69 Å². The van der Waals surface area contributed by atoms with Crippen molar-refractivity contribution in [1.29, 1.82) is 0 Å². The van der Waals surface area contributed by atoms with Crippen LogP contribution in [0.1, 0.15) is 11.1 Å². The maximum atomic E-state index is 13.2. The molecule has 0 aliphatic carbocycles. The zero-order valence-corrected chi connectivity index (χ0v) is 17.8. The second kappa shape index (κ2) is 7.98. The molecule has 2 aromatic heterocycles. The number of aromatic hydroxyl groups is 2. The standard InChI is InChI=1S/C25H21FN4O3/c1-29-11-10-16-12-19(8-9-21(16)29)30-24(27-28-25(30)33)20-13-17(22(31)14-23(20)32)5-2-15-3-6-18(26)7-4-15/h3-4,6-14,31-32H,2,5H2,1H3,(H,28,33). The molecule has 0 aliphatic heterocycles. The first-order chi connectivity index (χ1) is 15.9. The largest absolute Gasteiger partial charge is 0.508 e. The molecular formula is C25H21FN4O3. The second-order valence-corrected chi connectivity index (χ2v) is 7.98. The predicted molar refractivity (Wildman–Crippen MR) is 123 cm³/mol. The molecule has 0 unspecified atom stereocenters. The van der Waals surface area contributed by atoms with Crippen molar-refractivity contribution in [3.63, 3.8) is 0 Å². The van der Waals surface area contributed by atoms with Crippen molar-refractivity contribution in [1.82, 2.24) is 19.3 Å². The Kier molecular flexibility index (Phi) is 4.97. The first-order valence-corrected chi connectivity index (χ1v) is 10.4. The normalized spacial score (nSPS) is 11.3. The van der Waals surface area contributed by atoms with Crippen LogP contribution in [0.15, 0.2) is 71.7 Å². The Morgan fingerprint density at radius 2 is 1.76 bits per heavy atom. The summed E-state index contributed by atoms with van der Waals surface area (Å²) in [4.78, 5) is 12.6. The molecule has 0 saturated carbocycles. The molecule has 0 fully saturated rings. The van der Waals surface area contributed by atoms with Crippen molar-refractivity contribution in [2.45, 2.75) is 12.8 Å². The summed E-state index contributed by atoms with van der Waals surface area (Å²) in [5.41, 5.74) is 2.98. The summed E-state index contributed by atoms with van der Waals surface area (Å²) in [5.74, 6) is -0.331. The number of nitrogens with zero attached hydrogens (tertiary/aromatic N) is 3. The highest BCUT2D eigenvalue weighted by Crippen LogP contribution is 2.35. The SMILES string of the molecule is Cn1ccc2cc(-n3c(-c4cc(CCc5ccc(F)cc5)c(O)cc4O)n[nH]c3=O)ccc21. The molecule has 0 atom stereocenters. The van der Waals surface area contributed by atoms with E-state index in [9.17, 15) is 19.4 Å². The molecule has 0 spiro atoms. The van der Waals surface area contributed by atoms with Gasteiger partial charge in [-0.1, -0.05) is 12.1 Å². The van der Waals surface area contributed by atoms with Gasteiger partial charge in [-0.15, -0.1) is 0 Å². The smallest absolute Gasteiger partial charge is 0.348 e. The second-order valence-electron chi connectivity index (χ2n) is 7.98. The number of nitrogens with one attached hydrogen (secondary N) is 1. The van der Waals surface area contributed by atoms with Crippen LogP contribution in [0.25, 0.3) is 28.0 Å². The quantitative estimate of drug-likeness (QED) is 0.381. The summed E-state index contributed by atoms with van der Waals surface area (Å²) >= 11 is 0. The number of hydrogen-bond acceptors (Lipinski definition) is 4. The van der Waals surface area contributed by atoms with Gasteiger partial charge in [-0.3, -0.25) is 0 Å². The van der Waals surface area contributed by atoms with Crippen molar-refractivity contribution in [2.75, 3.05) is 0 Å². The van der Waals surface area contributed by atoms with E-state index in [0.29, 0.717) is 29.7 Å². The number of hydrogen-bond donors (Lipinski definition) is 3. The molecule has 5 aromatic rings. The number of halogens is 1. The van der Waals surface area contributed by atoms with Crippen molar-refractivity contribution in [3.8, 4) is 28.6 Å². The number of fused-ring (bicyclic) bond motifs is 1. The Morgan fingerprint density at radius 1 is 0.970 bits per heavy atom. The van der Waals surface area contributed by atoms with Crippen molar-refractivity contribution >= 4 is 10.9 Å². The monoisotopic (exact) mass is 444 g/mol. The van der Waals surface area contributed by atoms with E-state index in [1.807, 2.05) is 42.1 Å². The van der Waals surface area contributed by atoms with Gasteiger partial charge in [0.05, 0.1) is 11.3 Å². The molecule has 2 heterocycles. The zero-order valence-electron chi connectivity index (χ0n) is 17.8. The van der Waals surface area contributed by atoms with Gasteiger partial charge in [0.1, 0.15) is 17.3 Å². The van der Waals surface area contributed by atoms with Gasteiger partial charge in [0.15, 0.2) is 5.82 Å². The molecule has 8 heteroatoms. The number of phenols is 2. The third-order valence-corrected chi connectivity index (χ3v) is 5.83. The fourth-order valence-corrected chi connectivity index (χ4v) is 4.06. The van der Waals surface area contributed by atoms with Crippen molar-refractivity contribution in [3.05, 3.63) is 94.3 Å². The summed E-state index contributed by atoms with van der Waals surface area (Å²) in [6.07, 6.45) is 2.96. The minimum Gasteiger partial charge on any atom is -0.508 e. The molecule has 3 N–H and O–H groups in total. The first kappa shape index (κ1) is 20.6. The lowest BCUT2D eigenvalue weighted by Gasteiger charge is -2.12. The van der Waals surface area contributed by atoms with Gasteiger partial charge >= 0.3 is 5.69 Å². The first-order valence-electron chi connectivity index (χ1n) is 10.4. The Balaban J connectivity index is 1.54. The van der Waals surface area contributed by atoms with E-state index in [4.69, 9.17) is 0 Å². The molecule has 3 aromatic carbocycles. The highest BCUT2D eigenvalue weighted by molar-refractivity contribution is 5.82. The molecule has 0 aliphatic rings. The number of H-pyrrole nitrogens is 1. The maximum Gasteiger partial charge on any atom is 0.348 e. The Bertz CT molecular complexity index is 1530. The van der Waals surface area contributed by atoms with Crippen molar-refractivity contribution < 1.29 is 14.6 Å². The number of aromatic nitrogens is 4. The molecule has 0 radical (unpaired) electrons. The summed E-state index contributed by atoms with van der Waals surface area (Å²) in [5, 5.41) is 28.5. The maximum absolute atomic E-state index is 13.2. The summed E-state index contributed by atoms with van der Waals surface area (Å²) in [7, 11) is 1.94. The van der Waals surface area contributed by atoms with Gasteiger partial charge in [0, 0.05) is 30.2 Å². The Labute approximate surface area is 188 Å². The fraction of sp³-hybridized carbons (Fsp3) is 0.120. The number of phenolic OH excluding ortho intramolecular Hbond substituents is 2. The third kappa shape index (κ3) is 3.76. The van der Waals surface area contributed by atoms with E-state index in [0.717, 1.165) is 16.5 Å². The molecule has 0 bridgehead atoms. The number of aromatic amines is 1. The lowest BCUT2D eigenvalue weighted by Crippen LogP contribution is -2.15. The minimum absolute atomic E-state index is 0.0616. The van der Waals surface area contributed by atoms with Crippen LogP contribution in [0.4, 0.5) is 4.39 Å². The average Bonchev–Trinajstić information content (AvgIpc) is 3.36. The highest BCUT2D eigenvalue weighted by Gasteiger charge is 2.19. The summed E-state index contributed by atoms with van der Waals surface area (Å²) in [6, 6.07) is 16.6. The van der Waals surface area contributed by atoms with Gasteiger partial charge in [-0.25, -0.2) is 18.9 Å². The zero-order chi connectivity index (χ0) is 23.1. The van der Waals surface area contributed by atoms with E-state index in [2.05, 4.69) is 10.2 Å². The van der Waals surface area contributed by atoms with Crippen LogP contribution in [-0.4, -0.2) is 29.5 Å². The Hall–Kier alpha value is -4.33. The molecule has 7 nitrogen and oxygen atoms in total. The van der Waals surface area contributed by atoms with E-state index >= 15 is 0 Å². The van der Waals surface area contributed by atoms with Crippen LogP contribution in [0, 0.1) is 5.82 Å². The number of benzene rings is 3. The van der Waals surface area contributed by atoms with Crippen LogP contribution >= 0.6 is 0 Å². The summed E-state index contributed by atoms with van der Waals surface area (Å²) in [6.45, 7) is 0. The highest BCUT2D eigenvalue weighted by atomic mass is 19.1. The van der Waals surface area contributed by atoms with Gasteiger partial charge < -0.3 is 14.8 Å². The molecule has 5 rings (SSSR count). The van der Waals surface area contributed by atoms with Crippen LogP contribution in [-0.2, 0) is 19.9 Å². The lowest BCUT2D eigenvalue weighted by atomic mass is 10.0. The third-order valence-electron chi connectivity index (χ3n) is 5.83. The number of rotatable bonds is 5. The van der Waals surface area contributed by atoms with Crippen LogP contribution in [0.3, 0.4) is 0 Å². The minimum atomic E-state index is -0.444. The number of aryl methyl sites for hydroxylation is 3.